The highest BCUT2D eigenvalue weighted by Crippen LogP contribution is 2.62. The molecule has 0 radical (unpaired) electrons. The lowest BCUT2D eigenvalue weighted by Gasteiger charge is -2.39. The van der Waals surface area contributed by atoms with Crippen LogP contribution >= 0.6 is 0 Å². The van der Waals surface area contributed by atoms with E-state index in [2.05, 4.69) is 11.8 Å². The molecule has 0 spiro atoms. The van der Waals surface area contributed by atoms with Crippen LogP contribution in [0.2, 0.25) is 0 Å². The summed E-state index contributed by atoms with van der Waals surface area (Å²) in [5.74, 6) is -67.8. The second kappa shape index (κ2) is 21.7. The molecule has 26 heteroatoms. The van der Waals surface area contributed by atoms with Crippen LogP contribution in [-0.2, 0) is 12.8 Å². The van der Waals surface area contributed by atoms with Crippen molar-refractivity contribution in [2.24, 2.45) is 0 Å². The molecule has 0 bridgehead atoms. The average molecular weight is 1040 g/mol. The Labute approximate surface area is 371 Å². The van der Waals surface area contributed by atoms with Crippen LogP contribution in [0.15, 0.2) is 48.5 Å². The minimum absolute atomic E-state index is 0.0670. The molecule has 0 aliphatic heterocycles. The van der Waals surface area contributed by atoms with Gasteiger partial charge in [0.05, 0.1) is 0 Å². The van der Waals surface area contributed by atoms with Gasteiger partial charge in [0.25, 0.3) is 0 Å². The van der Waals surface area contributed by atoms with Gasteiger partial charge in [0.2, 0.25) is 0 Å². The summed E-state index contributed by atoms with van der Waals surface area (Å²) in [7, 11) is 0. The molecule has 0 saturated carbocycles. The van der Waals surface area contributed by atoms with E-state index in [4.69, 9.17) is 0 Å². The van der Waals surface area contributed by atoms with Crippen LogP contribution in [0, 0.1) is 11.8 Å². The third kappa shape index (κ3) is 12.7. The van der Waals surface area contributed by atoms with Gasteiger partial charge in [0.15, 0.2) is 0 Å². The van der Waals surface area contributed by atoms with E-state index < -0.39 is 97.3 Å². The molecule has 0 unspecified atom stereocenters. The monoisotopic (exact) mass is 1040 g/mol. The maximum absolute atomic E-state index is 13.9. The van der Waals surface area contributed by atoms with Crippen LogP contribution in [0.3, 0.4) is 0 Å². The first kappa shape index (κ1) is 60.3. The lowest BCUT2D eigenvalue weighted by molar-refractivity contribution is -0.440. The lowest BCUT2D eigenvalue weighted by Crippen LogP contribution is -2.70. The molecule has 2 aromatic carbocycles. The van der Waals surface area contributed by atoms with Crippen molar-refractivity contribution >= 4 is 0 Å². The zero-order valence-electron chi connectivity index (χ0n) is 34.8. The Morgan fingerprint density at radius 1 is 0.250 bits per heavy atom. The molecule has 0 amide bonds. The highest BCUT2D eigenvalue weighted by molar-refractivity contribution is 5.44. The normalized spacial score (nSPS) is 14.6. The van der Waals surface area contributed by atoms with Crippen LogP contribution < -0.4 is 0 Å². The molecule has 0 heterocycles. The Hall–Kier alpha value is -3.82. The van der Waals surface area contributed by atoms with E-state index in [0.29, 0.717) is 62.5 Å². The number of halogens is 26. The fraction of sp³-hybridized carbons (Fsp3) is 0.667. The van der Waals surface area contributed by atoms with Gasteiger partial charge in [-0.1, -0.05) is 87.5 Å². The maximum atomic E-state index is 13.9. The van der Waals surface area contributed by atoms with Crippen molar-refractivity contribution in [3.05, 3.63) is 70.8 Å². The molecular formula is C42H40F26. The highest BCUT2D eigenvalue weighted by atomic mass is 19.4. The first-order valence-electron chi connectivity index (χ1n) is 20.2. The molecule has 0 nitrogen and oxygen atoms in total. The predicted octanol–water partition coefficient (Wildman–Crippen LogP) is 17.1. The van der Waals surface area contributed by atoms with E-state index in [1.807, 2.05) is 0 Å². The van der Waals surface area contributed by atoms with Crippen molar-refractivity contribution in [3.63, 3.8) is 0 Å². The Morgan fingerprint density at radius 3 is 0.721 bits per heavy atom. The van der Waals surface area contributed by atoms with Crippen LogP contribution in [0.25, 0.3) is 0 Å². The number of aryl methyl sites for hydroxylation is 2. The van der Waals surface area contributed by atoms with Gasteiger partial charge in [-0.2, -0.15) is 114 Å². The topological polar surface area (TPSA) is 0 Å². The van der Waals surface area contributed by atoms with Gasteiger partial charge < -0.3 is 0 Å². The molecule has 2 rings (SSSR count). The van der Waals surface area contributed by atoms with Gasteiger partial charge in [0.1, 0.15) is 0 Å². The van der Waals surface area contributed by atoms with E-state index in [0.717, 1.165) is 11.1 Å². The predicted molar refractivity (Wildman–Crippen MR) is 192 cm³/mol. The van der Waals surface area contributed by atoms with Gasteiger partial charge in [-0.25, -0.2) is 0 Å². The molecule has 2 aromatic rings. The van der Waals surface area contributed by atoms with Gasteiger partial charge in [-0.3, -0.25) is 0 Å². The number of alkyl halides is 26. The summed E-state index contributed by atoms with van der Waals surface area (Å²) in [5.41, 5.74) is 2.91. The highest BCUT2D eigenvalue weighted by Gasteiger charge is 2.92. The van der Waals surface area contributed by atoms with Gasteiger partial charge in [-0.05, 0) is 73.9 Å². The summed E-state index contributed by atoms with van der Waals surface area (Å²) in [5, 5.41) is 0. The summed E-state index contributed by atoms with van der Waals surface area (Å²) in [6.07, 6.45) is -18.2. The largest absolute Gasteiger partial charge is 0.460 e. The molecule has 0 saturated heterocycles. The third-order valence-corrected chi connectivity index (χ3v) is 10.7. The number of unbranched alkanes of at least 4 members (excludes halogenated alkanes) is 10. The molecule has 0 atom stereocenters. The Balaban J connectivity index is 1.72. The Morgan fingerprint density at radius 2 is 0.471 bits per heavy atom. The van der Waals surface area contributed by atoms with Gasteiger partial charge in [0, 0.05) is 24.0 Å². The number of hydrogen-bond acceptors (Lipinski definition) is 0. The SMILES string of the molecule is FC(F)(F)C(F)(F)C(F)(F)C(F)(F)C(F)(F)C(F)(F)CCCCCCCCc1ccc(C#Cc2ccc(CCCCCCCCC(F)(F)C(F)(F)C(F)(F)C(F)(F)C(F)(F)C(F)(F)F)cc2)cc1. The maximum Gasteiger partial charge on any atom is 0.460 e. The van der Waals surface area contributed by atoms with E-state index in [-0.39, 0.29) is 25.7 Å². The molecule has 390 valence electrons. The van der Waals surface area contributed by atoms with Crippen molar-refractivity contribution in [1.82, 2.24) is 0 Å². The van der Waals surface area contributed by atoms with Crippen LogP contribution in [0.1, 0.15) is 112 Å². The summed E-state index contributed by atoms with van der Waals surface area (Å²) in [4.78, 5) is 0. The van der Waals surface area contributed by atoms with Crippen molar-refractivity contribution in [1.29, 1.82) is 0 Å². The molecular weight excluding hydrogens is 998 g/mol. The minimum Gasteiger partial charge on any atom is -0.200 e. The quantitative estimate of drug-likeness (QED) is 0.0500. The lowest BCUT2D eigenvalue weighted by atomic mass is 9.91. The Bertz CT molecular complexity index is 1790. The van der Waals surface area contributed by atoms with E-state index in [1.165, 1.54) is 0 Å². The summed E-state index contributed by atoms with van der Waals surface area (Å²) in [6, 6.07) is 13.8. The van der Waals surface area contributed by atoms with Crippen molar-refractivity contribution < 1.29 is 114 Å². The van der Waals surface area contributed by atoms with Gasteiger partial charge >= 0.3 is 71.6 Å². The summed E-state index contributed by atoms with van der Waals surface area (Å²) < 4.78 is 344. The zero-order chi connectivity index (χ0) is 52.7. The third-order valence-electron chi connectivity index (χ3n) is 10.7. The summed E-state index contributed by atoms with van der Waals surface area (Å²) >= 11 is 0. The van der Waals surface area contributed by atoms with Crippen LogP contribution in [0.4, 0.5) is 114 Å². The number of benzene rings is 2. The van der Waals surface area contributed by atoms with Crippen molar-refractivity contribution in [2.75, 3.05) is 0 Å². The van der Waals surface area contributed by atoms with Gasteiger partial charge in [-0.15, -0.1) is 0 Å². The first-order chi connectivity index (χ1) is 30.6. The number of hydrogen-bond donors (Lipinski definition) is 0. The fourth-order valence-electron chi connectivity index (χ4n) is 6.34. The zero-order valence-corrected chi connectivity index (χ0v) is 34.8. The average Bonchev–Trinajstić information content (AvgIpc) is 3.21. The Kier molecular flexibility index (Phi) is 19.2. The van der Waals surface area contributed by atoms with Crippen molar-refractivity contribution in [3.8, 4) is 11.8 Å². The summed E-state index contributed by atoms with van der Waals surface area (Å²) in [6.45, 7) is 0. The van der Waals surface area contributed by atoms with Crippen LogP contribution in [-0.4, -0.2) is 71.6 Å². The molecule has 0 aromatic heterocycles. The molecule has 68 heavy (non-hydrogen) atoms. The van der Waals surface area contributed by atoms with E-state index in [9.17, 15) is 114 Å². The van der Waals surface area contributed by atoms with E-state index in [1.54, 1.807) is 48.5 Å². The molecule has 0 aliphatic carbocycles. The minimum atomic E-state index is -7.92. The molecule has 0 fully saturated rings. The fourth-order valence-corrected chi connectivity index (χ4v) is 6.34. The molecule has 0 aliphatic rings. The first-order valence-corrected chi connectivity index (χ1v) is 20.2. The standard InChI is InChI=1S/C42H40F26/c43-31(44,33(47,48)35(51,52)37(55,56)39(59,60)41(63,64)65)25-11-7-3-1-5-9-13-27-15-19-29(20-16-27)23-24-30-21-17-28(18-22-30)14-10-6-2-4-8-12-26-32(45,46)34(49,50)36(53,54)38(57,58)40(61,62)42(66,67)68/h15-22H,1-14,25-26H2. The second-order valence-corrected chi connectivity index (χ2v) is 15.9. The molecule has 0 N–H and O–H groups in total. The second-order valence-electron chi connectivity index (χ2n) is 15.9. The smallest absolute Gasteiger partial charge is 0.200 e. The van der Waals surface area contributed by atoms with E-state index >= 15 is 0 Å². The van der Waals surface area contributed by atoms with Crippen molar-refractivity contribution in [2.45, 2.75) is 174 Å². The number of rotatable bonds is 26. The van der Waals surface area contributed by atoms with Crippen LogP contribution in [0.5, 0.6) is 0 Å².